The van der Waals surface area contributed by atoms with Crippen molar-refractivity contribution in [3.05, 3.63) is 12.7 Å². The van der Waals surface area contributed by atoms with Crippen molar-refractivity contribution in [3.63, 3.8) is 0 Å². The normalized spacial score (nSPS) is 19.6. The number of amides is 1. The van der Waals surface area contributed by atoms with Gasteiger partial charge in [0.25, 0.3) is 0 Å². The molecule has 0 bridgehead atoms. The van der Waals surface area contributed by atoms with Crippen molar-refractivity contribution in [2.24, 2.45) is 5.92 Å². The van der Waals surface area contributed by atoms with Gasteiger partial charge in [-0.2, -0.15) is 0 Å². The topological polar surface area (TPSA) is 58.6 Å². The molecule has 1 saturated carbocycles. The monoisotopic (exact) mass is 297 g/mol. The molecule has 0 saturated heterocycles. The summed E-state index contributed by atoms with van der Waals surface area (Å²) in [5.74, 6) is 0.582. The zero-order chi connectivity index (χ0) is 15.9. The molecule has 0 aromatic carbocycles. The van der Waals surface area contributed by atoms with Gasteiger partial charge in [-0.1, -0.05) is 38.2 Å². The third kappa shape index (κ3) is 7.51. The zero-order valence-electron chi connectivity index (χ0n) is 13.7. The largest absolute Gasteiger partial charge is 0.444 e. The first kappa shape index (κ1) is 18.0. The molecule has 0 spiro atoms. The Bertz CT molecular complexity index is 329. The molecule has 1 rings (SSSR count). The molecule has 0 aromatic heterocycles. The van der Waals surface area contributed by atoms with E-state index in [9.17, 15) is 9.90 Å². The third-order valence-corrected chi connectivity index (χ3v) is 3.89. The summed E-state index contributed by atoms with van der Waals surface area (Å²) in [4.78, 5) is 11.9. The highest BCUT2D eigenvalue weighted by molar-refractivity contribution is 5.68. The van der Waals surface area contributed by atoms with Crippen LogP contribution in [-0.4, -0.2) is 28.9 Å². The van der Waals surface area contributed by atoms with Gasteiger partial charge in [-0.05, 0) is 39.5 Å². The van der Waals surface area contributed by atoms with E-state index >= 15 is 0 Å². The summed E-state index contributed by atoms with van der Waals surface area (Å²) in [6, 6.07) is -0.263. The SMILES string of the molecule is C=CCC(O)C(CC1CCCCC1)NC(=O)OC(C)(C)C. The second-order valence-corrected chi connectivity index (χ2v) is 7.08. The Morgan fingerprint density at radius 2 is 2.00 bits per heavy atom. The van der Waals surface area contributed by atoms with Crippen LogP contribution in [0, 0.1) is 5.92 Å². The number of hydrogen-bond donors (Lipinski definition) is 2. The average molecular weight is 297 g/mol. The molecule has 2 N–H and O–H groups in total. The van der Waals surface area contributed by atoms with E-state index in [1.54, 1.807) is 6.08 Å². The molecule has 0 radical (unpaired) electrons. The maximum Gasteiger partial charge on any atom is 0.407 e. The Morgan fingerprint density at radius 3 is 2.52 bits per heavy atom. The van der Waals surface area contributed by atoms with Gasteiger partial charge < -0.3 is 15.2 Å². The Kier molecular flexibility index (Phi) is 7.23. The van der Waals surface area contributed by atoms with Crippen molar-refractivity contribution in [3.8, 4) is 0 Å². The van der Waals surface area contributed by atoms with Crippen molar-refractivity contribution < 1.29 is 14.6 Å². The van der Waals surface area contributed by atoms with Crippen LogP contribution in [0.4, 0.5) is 4.79 Å². The highest BCUT2D eigenvalue weighted by Gasteiger charge is 2.27. The van der Waals surface area contributed by atoms with Crippen LogP contribution in [0.15, 0.2) is 12.7 Å². The van der Waals surface area contributed by atoms with E-state index in [0.29, 0.717) is 12.3 Å². The lowest BCUT2D eigenvalue weighted by atomic mass is 9.83. The second-order valence-electron chi connectivity index (χ2n) is 7.08. The van der Waals surface area contributed by atoms with E-state index in [2.05, 4.69) is 11.9 Å². The highest BCUT2D eigenvalue weighted by atomic mass is 16.6. The summed E-state index contributed by atoms with van der Waals surface area (Å²) in [6.07, 6.45) is 8.11. The van der Waals surface area contributed by atoms with Crippen LogP contribution < -0.4 is 5.32 Å². The number of alkyl carbamates (subject to hydrolysis) is 1. The van der Waals surface area contributed by atoms with Crippen LogP contribution in [0.25, 0.3) is 0 Å². The maximum absolute atomic E-state index is 11.9. The lowest BCUT2D eigenvalue weighted by Crippen LogP contribution is -2.46. The van der Waals surface area contributed by atoms with Crippen LogP contribution in [0.3, 0.4) is 0 Å². The summed E-state index contributed by atoms with van der Waals surface area (Å²) < 4.78 is 5.30. The molecule has 21 heavy (non-hydrogen) atoms. The lowest BCUT2D eigenvalue weighted by Gasteiger charge is -2.30. The third-order valence-electron chi connectivity index (χ3n) is 3.89. The van der Waals surface area contributed by atoms with Crippen LogP contribution >= 0.6 is 0 Å². The van der Waals surface area contributed by atoms with Gasteiger partial charge in [-0.15, -0.1) is 6.58 Å². The minimum Gasteiger partial charge on any atom is -0.444 e. The molecule has 122 valence electrons. The Hall–Kier alpha value is -1.03. The number of aliphatic hydroxyl groups excluding tert-OH is 1. The first-order chi connectivity index (χ1) is 9.81. The number of hydrogen-bond acceptors (Lipinski definition) is 3. The predicted molar refractivity (Wildman–Crippen MR) is 85.2 cm³/mol. The number of carbonyl (C=O) groups excluding carboxylic acids is 1. The smallest absolute Gasteiger partial charge is 0.407 e. The fourth-order valence-electron chi connectivity index (χ4n) is 2.89. The van der Waals surface area contributed by atoms with Crippen LogP contribution in [0.2, 0.25) is 0 Å². The Labute approximate surface area is 129 Å². The van der Waals surface area contributed by atoms with Crippen LogP contribution in [0.5, 0.6) is 0 Å². The fraction of sp³-hybridized carbons (Fsp3) is 0.824. The van der Waals surface area contributed by atoms with E-state index in [1.165, 1.54) is 32.1 Å². The standard InChI is InChI=1S/C17H31NO3/c1-5-9-15(19)14(12-13-10-7-6-8-11-13)18-16(20)21-17(2,3)4/h5,13-15,19H,1,6-12H2,2-4H3,(H,18,20). The summed E-state index contributed by atoms with van der Waals surface area (Å²) in [6.45, 7) is 9.17. The molecule has 1 aliphatic rings. The molecule has 0 aromatic rings. The van der Waals surface area contributed by atoms with Crippen LogP contribution in [0.1, 0.15) is 65.7 Å². The number of carbonyl (C=O) groups is 1. The molecule has 1 aliphatic carbocycles. The lowest BCUT2D eigenvalue weighted by molar-refractivity contribution is 0.0395. The van der Waals surface area contributed by atoms with E-state index in [0.717, 1.165) is 6.42 Å². The summed E-state index contributed by atoms with van der Waals surface area (Å²) in [7, 11) is 0. The van der Waals surface area contributed by atoms with E-state index in [4.69, 9.17) is 4.74 Å². The second kappa shape index (κ2) is 8.42. The fourth-order valence-corrected chi connectivity index (χ4v) is 2.89. The minimum absolute atomic E-state index is 0.263. The van der Waals surface area contributed by atoms with E-state index in [-0.39, 0.29) is 6.04 Å². The van der Waals surface area contributed by atoms with Gasteiger partial charge >= 0.3 is 6.09 Å². The van der Waals surface area contributed by atoms with Gasteiger partial charge in [-0.25, -0.2) is 4.79 Å². The summed E-state index contributed by atoms with van der Waals surface area (Å²) in [5, 5.41) is 13.1. The van der Waals surface area contributed by atoms with Gasteiger partial charge in [0.1, 0.15) is 5.60 Å². The van der Waals surface area contributed by atoms with Crippen LogP contribution in [-0.2, 0) is 4.74 Å². The summed E-state index contributed by atoms with van der Waals surface area (Å²) in [5.41, 5.74) is -0.525. The molecule has 4 heteroatoms. The van der Waals surface area contributed by atoms with Gasteiger partial charge in [0, 0.05) is 0 Å². The first-order valence-corrected chi connectivity index (χ1v) is 8.10. The first-order valence-electron chi connectivity index (χ1n) is 8.10. The molecule has 2 unspecified atom stereocenters. The van der Waals surface area contributed by atoms with Gasteiger partial charge in [0.15, 0.2) is 0 Å². The maximum atomic E-state index is 11.9. The Morgan fingerprint density at radius 1 is 1.38 bits per heavy atom. The van der Waals surface area contributed by atoms with E-state index < -0.39 is 17.8 Å². The number of rotatable bonds is 6. The molecule has 1 amide bonds. The minimum atomic E-state index is -0.600. The van der Waals surface area contributed by atoms with E-state index in [1.807, 2.05) is 20.8 Å². The summed E-state index contributed by atoms with van der Waals surface area (Å²) >= 11 is 0. The molecular formula is C17H31NO3. The van der Waals surface area contributed by atoms with Crippen molar-refractivity contribution in [2.45, 2.75) is 83.5 Å². The van der Waals surface area contributed by atoms with Gasteiger partial charge in [0.05, 0.1) is 12.1 Å². The molecular weight excluding hydrogens is 266 g/mol. The molecule has 1 fully saturated rings. The van der Waals surface area contributed by atoms with Gasteiger partial charge in [0.2, 0.25) is 0 Å². The number of nitrogens with one attached hydrogen (secondary N) is 1. The average Bonchev–Trinajstić information content (AvgIpc) is 2.37. The number of aliphatic hydroxyl groups is 1. The predicted octanol–water partition coefficient (Wildman–Crippen LogP) is 3.79. The van der Waals surface area contributed by atoms with Crippen molar-refractivity contribution in [2.75, 3.05) is 0 Å². The van der Waals surface area contributed by atoms with Gasteiger partial charge in [-0.3, -0.25) is 0 Å². The quantitative estimate of drug-likeness (QED) is 0.733. The van der Waals surface area contributed by atoms with Crippen molar-refractivity contribution in [1.82, 2.24) is 5.32 Å². The molecule has 4 nitrogen and oxygen atoms in total. The Balaban J connectivity index is 2.58. The van der Waals surface area contributed by atoms with Crippen molar-refractivity contribution >= 4 is 6.09 Å². The van der Waals surface area contributed by atoms with Crippen molar-refractivity contribution in [1.29, 1.82) is 0 Å². The molecule has 2 atom stereocenters. The molecule has 0 heterocycles. The zero-order valence-corrected chi connectivity index (χ0v) is 13.7. The highest BCUT2D eigenvalue weighted by Crippen LogP contribution is 2.28. The molecule has 0 aliphatic heterocycles. The number of ether oxygens (including phenoxy) is 1.